The Kier molecular flexibility index (Phi) is 4.92. The number of benzene rings is 1. The largest absolute Gasteiger partial charge is 0.374 e. The van der Waals surface area contributed by atoms with Gasteiger partial charge >= 0.3 is 0 Å². The number of hydrogen-bond donors (Lipinski definition) is 1. The summed E-state index contributed by atoms with van der Waals surface area (Å²) in [5.74, 6) is -0.277. The van der Waals surface area contributed by atoms with E-state index in [4.69, 9.17) is 22.1 Å². The van der Waals surface area contributed by atoms with Crippen LogP contribution < -0.4 is 5.73 Å². The second kappa shape index (κ2) is 5.80. The maximum atomic E-state index is 13.4. The Morgan fingerprint density at radius 1 is 1.41 bits per heavy atom. The van der Waals surface area contributed by atoms with Crippen molar-refractivity contribution in [3.63, 3.8) is 0 Å². The van der Waals surface area contributed by atoms with Crippen LogP contribution in [0.4, 0.5) is 4.39 Å². The Hall–Kier alpha value is -0.640. The fourth-order valence-electron chi connectivity index (χ4n) is 1.40. The van der Waals surface area contributed by atoms with Crippen LogP contribution in [0.3, 0.4) is 0 Å². The first-order valence-electron chi connectivity index (χ1n) is 5.61. The van der Waals surface area contributed by atoms with Gasteiger partial charge in [0.05, 0.1) is 12.2 Å². The first-order chi connectivity index (χ1) is 7.78. The van der Waals surface area contributed by atoms with Crippen LogP contribution in [-0.2, 0) is 11.2 Å². The van der Waals surface area contributed by atoms with E-state index in [9.17, 15) is 4.39 Å². The lowest BCUT2D eigenvalue weighted by atomic mass is 10.1. The third-order valence-corrected chi connectivity index (χ3v) is 2.46. The van der Waals surface area contributed by atoms with Gasteiger partial charge in [0.15, 0.2) is 0 Å². The van der Waals surface area contributed by atoms with Gasteiger partial charge in [0, 0.05) is 11.1 Å². The summed E-state index contributed by atoms with van der Waals surface area (Å²) in [5, 5.41) is 0.519. The van der Waals surface area contributed by atoms with Crippen LogP contribution in [0.25, 0.3) is 0 Å². The lowest BCUT2D eigenvalue weighted by Gasteiger charge is -2.22. The molecule has 0 amide bonds. The van der Waals surface area contributed by atoms with E-state index in [1.165, 1.54) is 12.1 Å². The van der Waals surface area contributed by atoms with Gasteiger partial charge in [0.2, 0.25) is 0 Å². The summed E-state index contributed by atoms with van der Waals surface area (Å²) in [6, 6.07) is 4.25. The van der Waals surface area contributed by atoms with Gasteiger partial charge in [0.1, 0.15) is 5.82 Å². The monoisotopic (exact) mass is 259 g/mol. The molecule has 0 aliphatic rings. The van der Waals surface area contributed by atoms with Gasteiger partial charge in [-0.05, 0) is 51.0 Å². The van der Waals surface area contributed by atoms with Crippen molar-refractivity contribution in [2.45, 2.75) is 38.8 Å². The molecule has 0 saturated heterocycles. The highest BCUT2D eigenvalue weighted by Gasteiger charge is 2.14. The number of nitrogens with two attached hydrogens (primary N) is 1. The summed E-state index contributed by atoms with van der Waals surface area (Å²) < 4.78 is 19.0. The predicted octanol–water partition coefficient (Wildman–Crippen LogP) is 3.16. The van der Waals surface area contributed by atoms with Crippen LogP contribution in [-0.4, -0.2) is 18.2 Å². The molecule has 1 aromatic rings. The summed E-state index contributed by atoms with van der Waals surface area (Å²) in [6.07, 6.45) is 0.419. The molecule has 0 aliphatic heterocycles. The molecule has 1 atom stereocenters. The first kappa shape index (κ1) is 14.4. The van der Waals surface area contributed by atoms with Gasteiger partial charge in [-0.25, -0.2) is 4.39 Å². The van der Waals surface area contributed by atoms with Gasteiger partial charge in [-0.3, -0.25) is 0 Å². The maximum absolute atomic E-state index is 13.4. The summed E-state index contributed by atoms with van der Waals surface area (Å²) in [4.78, 5) is 0. The van der Waals surface area contributed by atoms with Gasteiger partial charge in [0.25, 0.3) is 0 Å². The minimum absolute atomic E-state index is 0.232. The molecule has 0 spiro atoms. The molecule has 1 unspecified atom stereocenters. The maximum Gasteiger partial charge on any atom is 0.126 e. The van der Waals surface area contributed by atoms with Crippen LogP contribution in [0.15, 0.2) is 18.2 Å². The van der Waals surface area contributed by atoms with Gasteiger partial charge in [-0.15, -0.1) is 0 Å². The van der Waals surface area contributed by atoms with E-state index in [-0.39, 0.29) is 17.5 Å². The molecule has 0 fully saturated rings. The van der Waals surface area contributed by atoms with Crippen LogP contribution in [0, 0.1) is 5.82 Å². The zero-order chi connectivity index (χ0) is 13.1. The van der Waals surface area contributed by atoms with Gasteiger partial charge in [-0.2, -0.15) is 0 Å². The zero-order valence-corrected chi connectivity index (χ0v) is 11.2. The number of rotatable bonds is 4. The van der Waals surface area contributed by atoms with Crippen molar-refractivity contribution in [2.75, 3.05) is 6.61 Å². The van der Waals surface area contributed by atoms with Crippen LogP contribution >= 0.6 is 11.6 Å². The molecule has 17 heavy (non-hydrogen) atoms. The van der Waals surface area contributed by atoms with Crippen molar-refractivity contribution < 1.29 is 9.13 Å². The minimum Gasteiger partial charge on any atom is -0.374 e. The predicted molar refractivity (Wildman–Crippen MR) is 68.8 cm³/mol. The molecular formula is C13H19ClFNO. The Bertz CT molecular complexity index is 376. The number of halogens is 2. The lowest BCUT2D eigenvalue weighted by Crippen LogP contribution is -2.33. The molecular weight excluding hydrogens is 241 g/mol. The molecule has 2 nitrogen and oxygen atoms in total. The molecule has 96 valence electrons. The normalized spacial score (nSPS) is 13.8. The number of hydrogen-bond acceptors (Lipinski definition) is 2. The fourth-order valence-corrected chi connectivity index (χ4v) is 1.59. The lowest BCUT2D eigenvalue weighted by molar-refractivity contribution is -0.00989. The Morgan fingerprint density at radius 3 is 2.65 bits per heavy atom. The standard InChI is InChI=1S/C13H19ClFNO/c1-13(2,3)17-8-11(16)7-9-6-10(14)4-5-12(9)15/h4-6,11H,7-8,16H2,1-3H3. The average molecular weight is 260 g/mol. The van der Waals surface area contributed by atoms with E-state index >= 15 is 0 Å². The van der Waals surface area contributed by atoms with E-state index in [0.29, 0.717) is 23.6 Å². The number of ether oxygens (including phenoxy) is 1. The molecule has 0 heterocycles. The van der Waals surface area contributed by atoms with Crippen LogP contribution in [0.2, 0.25) is 5.02 Å². The van der Waals surface area contributed by atoms with Crippen molar-refractivity contribution in [2.24, 2.45) is 5.73 Å². The van der Waals surface area contributed by atoms with Crippen molar-refractivity contribution in [1.82, 2.24) is 0 Å². The Labute approximate surface area is 107 Å². The van der Waals surface area contributed by atoms with Gasteiger partial charge < -0.3 is 10.5 Å². The van der Waals surface area contributed by atoms with Crippen molar-refractivity contribution in [1.29, 1.82) is 0 Å². The molecule has 0 saturated carbocycles. The second-order valence-electron chi connectivity index (χ2n) is 5.12. The Balaban J connectivity index is 2.56. The third-order valence-electron chi connectivity index (χ3n) is 2.22. The summed E-state index contributed by atoms with van der Waals surface area (Å²) in [5.41, 5.74) is 6.20. The Morgan fingerprint density at radius 2 is 2.06 bits per heavy atom. The molecule has 1 aromatic carbocycles. The smallest absolute Gasteiger partial charge is 0.126 e. The topological polar surface area (TPSA) is 35.2 Å². The fraction of sp³-hybridized carbons (Fsp3) is 0.538. The highest BCUT2D eigenvalue weighted by atomic mass is 35.5. The van der Waals surface area contributed by atoms with Crippen molar-refractivity contribution in [3.8, 4) is 0 Å². The quantitative estimate of drug-likeness (QED) is 0.902. The molecule has 2 N–H and O–H groups in total. The van der Waals surface area contributed by atoms with E-state index in [1.54, 1.807) is 6.07 Å². The third kappa shape index (κ3) is 5.48. The molecule has 0 bridgehead atoms. The summed E-state index contributed by atoms with van der Waals surface area (Å²) in [7, 11) is 0. The first-order valence-corrected chi connectivity index (χ1v) is 5.99. The molecule has 0 aliphatic carbocycles. The molecule has 0 radical (unpaired) electrons. The van der Waals surface area contributed by atoms with Crippen LogP contribution in [0.1, 0.15) is 26.3 Å². The van der Waals surface area contributed by atoms with Crippen molar-refractivity contribution in [3.05, 3.63) is 34.6 Å². The summed E-state index contributed by atoms with van der Waals surface area (Å²) >= 11 is 5.81. The highest BCUT2D eigenvalue weighted by molar-refractivity contribution is 6.30. The van der Waals surface area contributed by atoms with E-state index < -0.39 is 0 Å². The molecule has 4 heteroatoms. The van der Waals surface area contributed by atoms with Gasteiger partial charge in [-0.1, -0.05) is 11.6 Å². The molecule has 1 rings (SSSR count). The van der Waals surface area contributed by atoms with Crippen molar-refractivity contribution >= 4 is 11.6 Å². The molecule has 0 aromatic heterocycles. The van der Waals surface area contributed by atoms with E-state index in [1.807, 2.05) is 20.8 Å². The van der Waals surface area contributed by atoms with Crippen LogP contribution in [0.5, 0.6) is 0 Å². The highest BCUT2D eigenvalue weighted by Crippen LogP contribution is 2.16. The zero-order valence-electron chi connectivity index (χ0n) is 10.5. The van der Waals surface area contributed by atoms with E-state index in [2.05, 4.69) is 0 Å². The SMILES string of the molecule is CC(C)(C)OCC(N)Cc1cc(Cl)ccc1F. The second-order valence-corrected chi connectivity index (χ2v) is 5.56. The van der Waals surface area contributed by atoms with E-state index in [0.717, 1.165) is 0 Å². The summed E-state index contributed by atoms with van der Waals surface area (Å²) in [6.45, 7) is 6.27. The minimum atomic E-state index is -0.277. The average Bonchev–Trinajstić information content (AvgIpc) is 2.20.